The van der Waals surface area contributed by atoms with Crippen LogP contribution in [0.1, 0.15) is 28.8 Å². The van der Waals surface area contributed by atoms with Crippen LogP contribution in [0.2, 0.25) is 0 Å². The number of nitrogens with two attached hydrogens (primary N) is 1. The van der Waals surface area contributed by atoms with Crippen LogP contribution >= 0.6 is 0 Å². The van der Waals surface area contributed by atoms with Crippen LogP contribution in [0.25, 0.3) is 0 Å². The summed E-state index contributed by atoms with van der Waals surface area (Å²) in [6.45, 7) is 1.59. The molecule has 0 saturated heterocycles. The zero-order valence-corrected chi connectivity index (χ0v) is 14.3. The van der Waals surface area contributed by atoms with Crippen molar-refractivity contribution in [2.45, 2.75) is 24.7 Å². The van der Waals surface area contributed by atoms with Gasteiger partial charge in [0.1, 0.15) is 5.82 Å². The maximum atomic E-state index is 12.8. The maximum Gasteiger partial charge on any atom is 0.238 e. The number of halogens is 1. The van der Waals surface area contributed by atoms with Crippen molar-refractivity contribution in [2.24, 2.45) is 5.14 Å². The minimum absolute atomic E-state index is 0.0502. The van der Waals surface area contributed by atoms with Crippen LogP contribution in [0.5, 0.6) is 0 Å². The SMILES string of the molecule is Cc1ccc(NC(=O)CCC(=O)c2ccc(F)cc2)cc1S(N)(=O)=O. The summed E-state index contributed by atoms with van der Waals surface area (Å²) in [5, 5.41) is 7.65. The molecule has 0 fully saturated rings. The Balaban J connectivity index is 1.99. The van der Waals surface area contributed by atoms with Gasteiger partial charge in [0.15, 0.2) is 5.78 Å². The van der Waals surface area contributed by atoms with Gasteiger partial charge in [-0.25, -0.2) is 17.9 Å². The molecule has 0 unspecified atom stereocenters. The summed E-state index contributed by atoms with van der Waals surface area (Å²) in [7, 11) is -3.89. The zero-order valence-electron chi connectivity index (χ0n) is 13.5. The summed E-state index contributed by atoms with van der Waals surface area (Å²) in [5.74, 6) is -1.18. The molecule has 0 atom stereocenters. The van der Waals surface area contributed by atoms with Crippen molar-refractivity contribution >= 4 is 27.4 Å². The molecule has 0 saturated carbocycles. The van der Waals surface area contributed by atoms with E-state index in [0.29, 0.717) is 11.1 Å². The van der Waals surface area contributed by atoms with E-state index >= 15 is 0 Å². The summed E-state index contributed by atoms with van der Waals surface area (Å²) in [5.41, 5.74) is 1.06. The van der Waals surface area contributed by atoms with Crippen molar-refractivity contribution < 1.29 is 22.4 Å². The fourth-order valence-electron chi connectivity index (χ4n) is 2.22. The third kappa shape index (κ3) is 5.20. The Hall–Kier alpha value is -2.58. The number of sulfonamides is 1. The lowest BCUT2D eigenvalue weighted by atomic mass is 10.1. The first kappa shape index (κ1) is 18.8. The standard InChI is InChI=1S/C17H17FN2O4S/c1-11-2-7-14(10-16(11)25(19,23)24)20-17(22)9-8-15(21)12-3-5-13(18)6-4-12/h2-7,10H,8-9H2,1H3,(H,20,22)(H2,19,23,24). The smallest absolute Gasteiger partial charge is 0.238 e. The third-order valence-electron chi connectivity index (χ3n) is 3.52. The predicted molar refractivity (Wildman–Crippen MR) is 91.1 cm³/mol. The number of carbonyl (C=O) groups excluding carboxylic acids is 2. The van der Waals surface area contributed by atoms with Gasteiger partial charge in [0.2, 0.25) is 15.9 Å². The minimum Gasteiger partial charge on any atom is -0.326 e. The highest BCUT2D eigenvalue weighted by atomic mass is 32.2. The zero-order chi connectivity index (χ0) is 18.6. The molecule has 25 heavy (non-hydrogen) atoms. The Morgan fingerprint density at radius 1 is 1.08 bits per heavy atom. The number of ketones is 1. The van der Waals surface area contributed by atoms with Gasteiger partial charge in [0, 0.05) is 24.1 Å². The van der Waals surface area contributed by atoms with E-state index in [4.69, 9.17) is 5.14 Å². The lowest BCUT2D eigenvalue weighted by Crippen LogP contribution is -2.16. The summed E-state index contributed by atoms with van der Waals surface area (Å²) >= 11 is 0. The van der Waals surface area contributed by atoms with Crippen molar-refractivity contribution in [3.05, 3.63) is 59.4 Å². The van der Waals surface area contributed by atoms with Gasteiger partial charge >= 0.3 is 0 Å². The lowest BCUT2D eigenvalue weighted by Gasteiger charge is -2.09. The molecule has 8 heteroatoms. The number of hydrogen-bond donors (Lipinski definition) is 2. The fourth-order valence-corrected chi connectivity index (χ4v) is 3.02. The molecular weight excluding hydrogens is 347 g/mol. The average Bonchev–Trinajstić information content (AvgIpc) is 2.54. The maximum absolute atomic E-state index is 12.8. The molecule has 2 aromatic rings. The van der Waals surface area contributed by atoms with Gasteiger partial charge in [-0.2, -0.15) is 0 Å². The van der Waals surface area contributed by atoms with Gasteiger partial charge in [0.05, 0.1) is 4.90 Å². The van der Waals surface area contributed by atoms with E-state index < -0.39 is 21.7 Å². The van der Waals surface area contributed by atoms with Crippen LogP contribution < -0.4 is 10.5 Å². The Morgan fingerprint density at radius 2 is 1.72 bits per heavy atom. The molecule has 0 aliphatic carbocycles. The number of aryl methyl sites for hydroxylation is 1. The normalized spacial score (nSPS) is 11.2. The molecular formula is C17H17FN2O4S. The second-order valence-electron chi connectivity index (χ2n) is 5.50. The van der Waals surface area contributed by atoms with E-state index in [1.165, 1.54) is 36.4 Å². The molecule has 1 amide bonds. The molecule has 0 aliphatic heterocycles. The van der Waals surface area contributed by atoms with Crippen molar-refractivity contribution in [1.82, 2.24) is 0 Å². The van der Waals surface area contributed by atoms with Crippen LogP contribution in [0.4, 0.5) is 10.1 Å². The largest absolute Gasteiger partial charge is 0.326 e. The molecule has 132 valence electrons. The number of anilines is 1. The monoisotopic (exact) mass is 364 g/mol. The molecule has 0 heterocycles. The van der Waals surface area contributed by atoms with E-state index in [1.54, 1.807) is 13.0 Å². The molecule has 0 aliphatic rings. The third-order valence-corrected chi connectivity index (χ3v) is 4.58. The van der Waals surface area contributed by atoms with E-state index in [2.05, 4.69) is 5.32 Å². The van der Waals surface area contributed by atoms with E-state index in [1.807, 2.05) is 0 Å². The number of carbonyl (C=O) groups is 2. The highest BCUT2D eigenvalue weighted by Crippen LogP contribution is 2.19. The molecule has 0 aromatic heterocycles. The molecule has 3 N–H and O–H groups in total. The Kier molecular flexibility index (Phi) is 5.66. The van der Waals surface area contributed by atoms with Crippen molar-refractivity contribution in [1.29, 1.82) is 0 Å². The number of amides is 1. The average molecular weight is 364 g/mol. The van der Waals surface area contributed by atoms with E-state index in [-0.39, 0.29) is 29.2 Å². The fraction of sp³-hybridized carbons (Fsp3) is 0.176. The number of hydrogen-bond acceptors (Lipinski definition) is 4. The van der Waals surface area contributed by atoms with Gasteiger partial charge in [-0.05, 0) is 48.9 Å². The molecule has 0 spiro atoms. The van der Waals surface area contributed by atoms with Gasteiger partial charge in [-0.1, -0.05) is 6.07 Å². The van der Waals surface area contributed by atoms with Crippen molar-refractivity contribution in [3.63, 3.8) is 0 Å². The number of benzene rings is 2. The minimum atomic E-state index is -3.89. The van der Waals surface area contributed by atoms with Gasteiger partial charge in [0.25, 0.3) is 0 Å². The second-order valence-corrected chi connectivity index (χ2v) is 7.03. The van der Waals surface area contributed by atoms with Crippen LogP contribution in [0, 0.1) is 12.7 Å². The van der Waals surface area contributed by atoms with Crippen molar-refractivity contribution in [3.8, 4) is 0 Å². The van der Waals surface area contributed by atoms with Crippen LogP contribution in [0.15, 0.2) is 47.4 Å². The molecule has 2 rings (SSSR count). The van der Waals surface area contributed by atoms with Crippen LogP contribution in [-0.4, -0.2) is 20.1 Å². The number of nitrogens with one attached hydrogen (secondary N) is 1. The second kappa shape index (κ2) is 7.54. The van der Waals surface area contributed by atoms with Gasteiger partial charge in [-0.15, -0.1) is 0 Å². The first-order valence-electron chi connectivity index (χ1n) is 7.39. The molecule has 0 bridgehead atoms. The molecule has 2 aromatic carbocycles. The number of Topliss-reactive ketones (excluding diaryl/α,β-unsaturated/α-hetero) is 1. The first-order valence-corrected chi connectivity index (χ1v) is 8.93. The first-order chi connectivity index (χ1) is 11.7. The summed E-state index contributed by atoms with van der Waals surface area (Å²) in [4.78, 5) is 23.8. The summed E-state index contributed by atoms with van der Waals surface area (Å²) < 4.78 is 35.8. The quantitative estimate of drug-likeness (QED) is 0.768. The van der Waals surface area contributed by atoms with Crippen LogP contribution in [0.3, 0.4) is 0 Å². The molecule has 0 radical (unpaired) electrons. The van der Waals surface area contributed by atoms with Gasteiger partial charge < -0.3 is 5.32 Å². The molecule has 6 nitrogen and oxygen atoms in total. The highest BCUT2D eigenvalue weighted by molar-refractivity contribution is 7.89. The van der Waals surface area contributed by atoms with E-state index in [0.717, 1.165) is 0 Å². The van der Waals surface area contributed by atoms with Gasteiger partial charge in [-0.3, -0.25) is 9.59 Å². The Morgan fingerprint density at radius 3 is 2.32 bits per heavy atom. The van der Waals surface area contributed by atoms with Crippen molar-refractivity contribution in [2.75, 3.05) is 5.32 Å². The number of primary sulfonamides is 1. The number of rotatable bonds is 6. The summed E-state index contributed by atoms with van der Waals surface area (Å²) in [6, 6.07) is 9.40. The predicted octanol–water partition coefficient (Wildman–Crippen LogP) is 2.38. The Bertz CT molecular complexity index is 909. The topological polar surface area (TPSA) is 106 Å². The van der Waals surface area contributed by atoms with Crippen LogP contribution in [-0.2, 0) is 14.8 Å². The Labute approximate surface area is 144 Å². The highest BCUT2D eigenvalue weighted by Gasteiger charge is 2.14. The van der Waals surface area contributed by atoms with E-state index in [9.17, 15) is 22.4 Å². The summed E-state index contributed by atoms with van der Waals surface area (Å²) in [6.07, 6.45) is -0.139. The lowest BCUT2D eigenvalue weighted by molar-refractivity contribution is -0.116.